The van der Waals surface area contributed by atoms with Crippen LogP contribution in [-0.4, -0.2) is 31.3 Å². The molecular formula is C9H11F3O4. The molecule has 0 N–H and O–H groups in total. The first-order valence-electron chi connectivity index (χ1n) is 4.33. The van der Waals surface area contributed by atoms with E-state index in [1.54, 1.807) is 6.92 Å². The molecule has 0 heterocycles. The third kappa shape index (κ3) is 6.86. The molecule has 0 unspecified atom stereocenters. The number of ether oxygens (including phenoxy) is 2. The SMILES string of the molecule is C=C(COC(=O)CC(F)(F)F)C(=O)OCC. The summed E-state index contributed by atoms with van der Waals surface area (Å²) in [6.07, 6.45) is -6.31. The molecule has 0 amide bonds. The van der Waals surface area contributed by atoms with E-state index in [9.17, 15) is 22.8 Å². The molecule has 7 heteroatoms. The summed E-state index contributed by atoms with van der Waals surface area (Å²) in [5.74, 6) is -2.26. The van der Waals surface area contributed by atoms with Gasteiger partial charge >= 0.3 is 18.1 Å². The average Bonchev–Trinajstić information content (AvgIpc) is 2.11. The summed E-state index contributed by atoms with van der Waals surface area (Å²) >= 11 is 0. The van der Waals surface area contributed by atoms with E-state index in [0.29, 0.717) is 0 Å². The second kappa shape index (κ2) is 6.14. The third-order valence-electron chi connectivity index (χ3n) is 1.32. The van der Waals surface area contributed by atoms with Crippen LogP contribution in [0.3, 0.4) is 0 Å². The molecule has 0 spiro atoms. The summed E-state index contributed by atoms with van der Waals surface area (Å²) in [6, 6.07) is 0. The maximum atomic E-state index is 11.7. The van der Waals surface area contributed by atoms with Crippen LogP contribution < -0.4 is 0 Å². The largest absolute Gasteiger partial charge is 0.463 e. The van der Waals surface area contributed by atoms with Gasteiger partial charge in [-0.3, -0.25) is 4.79 Å². The van der Waals surface area contributed by atoms with Gasteiger partial charge in [-0.05, 0) is 6.92 Å². The predicted molar refractivity (Wildman–Crippen MR) is 47.4 cm³/mol. The fourth-order valence-corrected chi connectivity index (χ4v) is 0.674. The Morgan fingerprint density at radius 3 is 2.25 bits per heavy atom. The molecule has 0 saturated carbocycles. The minimum Gasteiger partial charge on any atom is -0.463 e. The summed E-state index contributed by atoms with van der Waals surface area (Å²) in [5.41, 5.74) is -0.211. The number of hydrogen-bond acceptors (Lipinski definition) is 4. The van der Waals surface area contributed by atoms with Crippen molar-refractivity contribution in [3.63, 3.8) is 0 Å². The van der Waals surface area contributed by atoms with Crippen molar-refractivity contribution in [2.45, 2.75) is 19.5 Å². The Hall–Kier alpha value is -1.53. The Morgan fingerprint density at radius 2 is 1.81 bits per heavy atom. The zero-order chi connectivity index (χ0) is 12.8. The smallest absolute Gasteiger partial charge is 0.399 e. The first-order chi connectivity index (χ1) is 7.26. The number of rotatable bonds is 5. The molecule has 0 saturated heterocycles. The van der Waals surface area contributed by atoms with Gasteiger partial charge in [-0.15, -0.1) is 0 Å². The van der Waals surface area contributed by atoms with Crippen LogP contribution in [0.15, 0.2) is 12.2 Å². The highest BCUT2D eigenvalue weighted by molar-refractivity contribution is 5.88. The summed E-state index contributed by atoms with van der Waals surface area (Å²) in [5, 5.41) is 0. The highest BCUT2D eigenvalue weighted by Crippen LogP contribution is 2.19. The molecule has 0 aliphatic carbocycles. The van der Waals surface area contributed by atoms with E-state index in [2.05, 4.69) is 16.1 Å². The summed E-state index contributed by atoms with van der Waals surface area (Å²) in [7, 11) is 0. The van der Waals surface area contributed by atoms with Crippen molar-refractivity contribution in [2.24, 2.45) is 0 Å². The third-order valence-corrected chi connectivity index (χ3v) is 1.32. The van der Waals surface area contributed by atoms with E-state index in [-0.39, 0.29) is 12.2 Å². The molecule has 0 rings (SSSR count). The Morgan fingerprint density at radius 1 is 1.25 bits per heavy atom. The van der Waals surface area contributed by atoms with Gasteiger partial charge < -0.3 is 9.47 Å². The predicted octanol–water partition coefficient (Wildman–Crippen LogP) is 1.60. The number of alkyl halides is 3. The second-order valence-electron chi connectivity index (χ2n) is 2.78. The first kappa shape index (κ1) is 14.5. The maximum Gasteiger partial charge on any atom is 0.399 e. The van der Waals surface area contributed by atoms with E-state index < -0.39 is 31.1 Å². The van der Waals surface area contributed by atoms with Gasteiger partial charge in [0.2, 0.25) is 0 Å². The number of carbonyl (C=O) groups excluding carboxylic acids is 2. The van der Waals surface area contributed by atoms with Crippen LogP contribution in [0, 0.1) is 0 Å². The fourth-order valence-electron chi connectivity index (χ4n) is 0.674. The number of hydrogen-bond donors (Lipinski definition) is 0. The van der Waals surface area contributed by atoms with Crippen molar-refractivity contribution in [1.29, 1.82) is 0 Å². The van der Waals surface area contributed by atoms with Crippen molar-refractivity contribution in [3.8, 4) is 0 Å². The van der Waals surface area contributed by atoms with Crippen LogP contribution in [-0.2, 0) is 19.1 Å². The van der Waals surface area contributed by atoms with Crippen molar-refractivity contribution in [3.05, 3.63) is 12.2 Å². The molecule has 0 radical (unpaired) electrons. The lowest BCUT2D eigenvalue weighted by atomic mass is 10.3. The van der Waals surface area contributed by atoms with Gasteiger partial charge in [0.25, 0.3) is 0 Å². The lowest BCUT2D eigenvalue weighted by molar-refractivity contribution is -0.170. The van der Waals surface area contributed by atoms with Gasteiger partial charge in [0.05, 0.1) is 12.2 Å². The normalized spacial score (nSPS) is 10.8. The van der Waals surface area contributed by atoms with Gasteiger partial charge in [0.1, 0.15) is 13.0 Å². The Labute approximate surface area is 90.0 Å². The Bertz CT molecular complexity index is 283. The van der Waals surface area contributed by atoms with Gasteiger partial charge in [-0.1, -0.05) is 6.58 Å². The van der Waals surface area contributed by atoms with Gasteiger partial charge in [-0.2, -0.15) is 13.2 Å². The lowest BCUT2D eigenvalue weighted by Gasteiger charge is -2.08. The Kier molecular flexibility index (Phi) is 5.55. The zero-order valence-electron chi connectivity index (χ0n) is 8.60. The van der Waals surface area contributed by atoms with Gasteiger partial charge in [0, 0.05) is 0 Å². The topological polar surface area (TPSA) is 52.6 Å². The van der Waals surface area contributed by atoms with E-state index in [4.69, 9.17) is 0 Å². The van der Waals surface area contributed by atoms with Crippen molar-refractivity contribution < 1.29 is 32.2 Å². The van der Waals surface area contributed by atoms with Gasteiger partial charge in [-0.25, -0.2) is 4.79 Å². The molecule has 4 nitrogen and oxygen atoms in total. The average molecular weight is 240 g/mol. The summed E-state index contributed by atoms with van der Waals surface area (Å²) in [4.78, 5) is 21.5. The number of halogens is 3. The van der Waals surface area contributed by atoms with Crippen LogP contribution in [0.4, 0.5) is 13.2 Å². The van der Waals surface area contributed by atoms with Crippen LogP contribution in [0.5, 0.6) is 0 Å². The number of esters is 2. The quantitative estimate of drug-likeness (QED) is 0.541. The highest BCUT2D eigenvalue weighted by Gasteiger charge is 2.32. The van der Waals surface area contributed by atoms with E-state index >= 15 is 0 Å². The van der Waals surface area contributed by atoms with E-state index in [1.165, 1.54) is 0 Å². The number of carbonyl (C=O) groups is 2. The molecule has 0 aliphatic rings. The minimum atomic E-state index is -4.62. The van der Waals surface area contributed by atoms with Crippen LogP contribution in [0.2, 0.25) is 0 Å². The van der Waals surface area contributed by atoms with Crippen molar-refractivity contribution in [1.82, 2.24) is 0 Å². The molecule has 0 aromatic heterocycles. The molecule has 0 atom stereocenters. The first-order valence-corrected chi connectivity index (χ1v) is 4.33. The van der Waals surface area contributed by atoms with Crippen LogP contribution in [0.1, 0.15) is 13.3 Å². The maximum absolute atomic E-state index is 11.7. The summed E-state index contributed by atoms with van der Waals surface area (Å²) < 4.78 is 43.8. The molecule has 0 aromatic carbocycles. The van der Waals surface area contributed by atoms with Crippen LogP contribution in [0.25, 0.3) is 0 Å². The van der Waals surface area contributed by atoms with Gasteiger partial charge in [0.15, 0.2) is 0 Å². The monoisotopic (exact) mass is 240 g/mol. The molecule has 92 valence electrons. The Balaban J connectivity index is 3.93. The molecule has 0 bridgehead atoms. The fraction of sp³-hybridized carbons (Fsp3) is 0.556. The van der Waals surface area contributed by atoms with E-state index in [0.717, 1.165) is 0 Å². The molecular weight excluding hydrogens is 229 g/mol. The molecule has 0 fully saturated rings. The lowest BCUT2D eigenvalue weighted by Crippen LogP contribution is -2.20. The van der Waals surface area contributed by atoms with Crippen molar-refractivity contribution in [2.75, 3.05) is 13.2 Å². The molecule has 16 heavy (non-hydrogen) atoms. The standard InChI is InChI=1S/C9H11F3O4/c1-3-15-8(14)6(2)5-16-7(13)4-9(10,11)12/h2-5H2,1H3. The second-order valence-corrected chi connectivity index (χ2v) is 2.78. The zero-order valence-corrected chi connectivity index (χ0v) is 8.60. The molecule has 0 aromatic rings. The van der Waals surface area contributed by atoms with Crippen LogP contribution >= 0.6 is 0 Å². The minimum absolute atomic E-state index is 0.106. The van der Waals surface area contributed by atoms with Crippen molar-refractivity contribution >= 4 is 11.9 Å². The summed E-state index contributed by atoms with van der Waals surface area (Å²) in [6.45, 7) is 4.27. The van der Waals surface area contributed by atoms with E-state index in [1.807, 2.05) is 0 Å². The highest BCUT2D eigenvalue weighted by atomic mass is 19.4. The molecule has 0 aliphatic heterocycles.